The first-order chi connectivity index (χ1) is 9.13. The summed E-state index contributed by atoms with van der Waals surface area (Å²) in [4.78, 5) is 0. The van der Waals surface area contributed by atoms with Crippen molar-refractivity contribution in [3.05, 3.63) is 22.2 Å². The number of methoxy groups -OCH3 is 1. The first-order valence-corrected chi connectivity index (χ1v) is 7.65. The van der Waals surface area contributed by atoms with Crippen LogP contribution in [0.2, 0.25) is 0 Å². The molecular weight excluding hydrogens is 306 g/mol. The number of hydrogen-bond donors (Lipinski definition) is 1. The second-order valence-electron chi connectivity index (χ2n) is 5.07. The van der Waals surface area contributed by atoms with Gasteiger partial charge in [-0.15, -0.1) is 0 Å². The van der Waals surface area contributed by atoms with Gasteiger partial charge in [0.1, 0.15) is 5.75 Å². The fourth-order valence-electron chi connectivity index (χ4n) is 2.56. The lowest BCUT2D eigenvalue weighted by atomic mass is 10.0. The standard InChI is InChI=1S/C15H22BrNO2/c1-4-13-9-12(5-6-19-13)17-15-10(2)7-11(16)8-14(15)18-3/h7-8,12-13,17H,4-6,9H2,1-3H3. The van der Waals surface area contributed by atoms with Gasteiger partial charge in [-0.25, -0.2) is 0 Å². The number of aryl methyl sites for hydroxylation is 1. The van der Waals surface area contributed by atoms with E-state index in [9.17, 15) is 0 Å². The highest BCUT2D eigenvalue weighted by Gasteiger charge is 2.22. The third kappa shape index (κ3) is 3.63. The molecule has 1 N–H and O–H groups in total. The van der Waals surface area contributed by atoms with Gasteiger partial charge in [0.15, 0.2) is 0 Å². The van der Waals surface area contributed by atoms with E-state index in [2.05, 4.69) is 41.2 Å². The topological polar surface area (TPSA) is 30.5 Å². The third-order valence-corrected chi connectivity index (χ3v) is 4.11. The normalized spacial score (nSPS) is 23.2. The van der Waals surface area contributed by atoms with Gasteiger partial charge in [-0.05, 0) is 43.9 Å². The van der Waals surface area contributed by atoms with Crippen molar-refractivity contribution >= 4 is 21.6 Å². The highest BCUT2D eigenvalue weighted by Crippen LogP contribution is 2.34. The lowest BCUT2D eigenvalue weighted by molar-refractivity contribution is 0.00922. The molecule has 2 unspecified atom stereocenters. The Morgan fingerprint density at radius 2 is 2.26 bits per heavy atom. The lowest BCUT2D eigenvalue weighted by Crippen LogP contribution is -2.34. The van der Waals surface area contributed by atoms with E-state index < -0.39 is 0 Å². The summed E-state index contributed by atoms with van der Waals surface area (Å²) in [5.41, 5.74) is 2.30. The maximum Gasteiger partial charge on any atom is 0.143 e. The van der Waals surface area contributed by atoms with Crippen LogP contribution in [0.1, 0.15) is 31.7 Å². The summed E-state index contributed by atoms with van der Waals surface area (Å²) >= 11 is 3.51. The molecule has 1 heterocycles. The van der Waals surface area contributed by atoms with E-state index in [-0.39, 0.29) is 0 Å². The Hall–Kier alpha value is -0.740. The lowest BCUT2D eigenvalue weighted by Gasteiger charge is -2.31. The smallest absolute Gasteiger partial charge is 0.143 e. The molecule has 0 radical (unpaired) electrons. The van der Waals surface area contributed by atoms with Gasteiger partial charge in [0.25, 0.3) is 0 Å². The average molecular weight is 328 g/mol. The summed E-state index contributed by atoms with van der Waals surface area (Å²) in [5.74, 6) is 0.895. The zero-order chi connectivity index (χ0) is 13.8. The van der Waals surface area contributed by atoms with E-state index >= 15 is 0 Å². The fourth-order valence-corrected chi connectivity index (χ4v) is 3.11. The van der Waals surface area contributed by atoms with Gasteiger partial charge in [-0.2, -0.15) is 0 Å². The van der Waals surface area contributed by atoms with Crippen LogP contribution < -0.4 is 10.1 Å². The fraction of sp³-hybridized carbons (Fsp3) is 0.600. The second-order valence-corrected chi connectivity index (χ2v) is 5.98. The molecule has 0 aromatic heterocycles. The number of ether oxygens (including phenoxy) is 2. The van der Waals surface area contributed by atoms with Crippen molar-refractivity contribution in [3.8, 4) is 5.75 Å². The van der Waals surface area contributed by atoms with Crippen molar-refractivity contribution in [1.29, 1.82) is 0 Å². The van der Waals surface area contributed by atoms with Crippen molar-refractivity contribution in [2.75, 3.05) is 19.0 Å². The number of halogens is 1. The minimum Gasteiger partial charge on any atom is -0.495 e. The molecular formula is C15H22BrNO2. The van der Waals surface area contributed by atoms with Gasteiger partial charge in [0.05, 0.1) is 18.9 Å². The van der Waals surface area contributed by atoms with Gasteiger partial charge >= 0.3 is 0 Å². The monoisotopic (exact) mass is 327 g/mol. The SMILES string of the molecule is CCC1CC(Nc2c(C)cc(Br)cc2OC)CCO1. The van der Waals surface area contributed by atoms with Crippen LogP contribution in [0.25, 0.3) is 0 Å². The summed E-state index contributed by atoms with van der Waals surface area (Å²) in [5, 5.41) is 3.63. The molecule has 1 aliphatic rings. The molecule has 0 amide bonds. The number of benzene rings is 1. The van der Waals surface area contributed by atoms with Crippen LogP contribution in [0.5, 0.6) is 5.75 Å². The molecule has 4 heteroatoms. The van der Waals surface area contributed by atoms with Gasteiger partial charge in [0, 0.05) is 17.1 Å². The summed E-state index contributed by atoms with van der Waals surface area (Å²) < 4.78 is 12.2. The molecule has 0 bridgehead atoms. The summed E-state index contributed by atoms with van der Waals surface area (Å²) in [6.07, 6.45) is 3.58. The van der Waals surface area contributed by atoms with Crippen molar-refractivity contribution < 1.29 is 9.47 Å². The molecule has 0 saturated carbocycles. The Bertz CT molecular complexity index is 436. The van der Waals surface area contributed by atoms with Crippen molar-refractivity contribution in [2.45, 2.75) is 45.3 Å². The Labute approximate surface area is 123 Å². The van der Waals surface area contributed by atoms with Crippen molar-refractivity contribution in [2.24, 2.45) is 0 Å². The number of hydrogen-bond acceptors (Lipinski definition) is 3. The van der Waals surface area contributed by atoms with E-state index in [0.29, 0.717) is 12.1 Å². The van der Waals surface area contributed by atoms with Crippen molar-refractivity contribution in [3.63, 3.8) is 0 Å². The molecule has 1 aromatic rings. The van der Waals surface area contributed by atoms with E-state index in [0.717, 1.165) is 41.8 Å². The predicted molar refractivity (Wildman–Crippen MR) is 82.1 cm³/mol. The molecule has 19 heavy (non-hydrogen) atoms. The number of rotatable bonds is 4. The minimum atomic E-state index is 0.382. The Morgan fingerprint density at radius 3 is 2.95 bits per heavy atom. The maximum absolute atomic E-state index is 5.72. The second kappa shape index (κ2) is 6.62. The minimum absolute atomic E-state index is 0.382. The van der Waals surface area contributed by atoms with Crippen LogP contribution in [-0.2, 0) is 4.74 Å². The highest BCUT2D eigenvalue weighted by molar-refractivity contribution is 9.10. The third-order valence-electron chi connectivity index (χ3n) is 3.66. The van der Waals surface area contributed by atoms with Gasteiger partial charge in [-0.3, -0.25) is 0 Å². The summed E-state index contributed by atoms with van der Waals surface area (Å²) in [6, 6.07) is 4.58. The van der Waals surface area contributed by atoms with E-state index in [4.69, 9.17) is 9.47 Å². The van der Waals surface area contributed by atoms with Gasteiger partial charge in [0.2, 0.25) is 0 Å². The van der Waals surface area contributed by atoms with Crippen LogP contribution >= 0.6 is 15.9 Å². The summed E-state index contributed by atoms with van der Waals surface area (Å²) in [6.45, 7) is 5.12. The van der Waals surface area contributed by atoms with Crippen LogP contribution in [0.15, 0.2) is 16.6 Å². The molecule has 3 nitrogen and oxygen atoms in total. The Morgan fingerprint density at radius 1 is 1.47 bits per heavy atom. The quantitative estimate of drug-likeness (QED) is 0.901. The van der Waals surface area contributed by atoms with Crippen molar-refractivity contribution in [1.82, 2.24) is 0 Å². The number of anilines is 1. The highest BCUT2D eigenvalue weighted by atomic mass is 79.9. The molecule has 0 aliphatic carbocycles. The Kier molecular flexibility index (Phi) is 5.11. The maximum atomic E-state index is 5.72. The molecule has 2 rings (SSSR count). The molecule has 1 aliphatic heterocycles. The largest absolute Gasteiger partial charge is 0.495 e. The summed E-state index contributed by atoms with van der Waals surface area (Å²) in [7, 11) is 1.71. The van der Waals surface area contributed by atoms with Gasteiger partial charge < -0.3 is 14.8 Å². The van der Waals surface area contributed by atoms with Gasteiger partial charge in [-0.1, -0.05) is 22.9 Å². The van der Waals surface area contributed by atoms with E-state index in [1.54, 1.807) is 7.11 Å². The van der Waals surface area contributed by atoms with Crippen LogP contribution in [0, 0.1) is 6.92 Å². The van der Waals surface area contributed by atoms with E-state index in [1.165, 1.54) is 5.56 Å². The first-order valence-electron chi connectivity index (χ1n) is 6.86. The molecule has 1 saturated heterocycles. The molecule has 0 spiro atoms. The molecule has 2 atom stereocenters. The first kappa shape index (κ1) is 14.7. The zero-order valence-corrected chi connectivity index (χ0v) is 13.4. The molecule has 106 valence electrons. The molecule has 1 aromatic carbocycles. The van der Waals surface area contributed by atoms with Crippen LogP contribution in [-0.4, -0.2) is 25.9 Å². The average Bonchev–Trinajstić information content (AvgIpc) is 2.41. The van der Waals surface area contributed by atoms with E-state index in [1.807, 2.05) is 6.07 Å². The predicted octanol–water partition coefficient (Wildman–Crippen LogP) is 4.14. The Balaban J connectivity index is 2.14. The molecule has 1 fully saturated rings. The van der Waals surface area contributed by atoms with Crippen LogP contribution in [0.3, 0.4) is 0 Å². The number of nitrogens with one attached hydrogen (secondary N) is 1. The zero-order valence-electron chi connectivity index (χ0n) is 11.8. The van der Waals surface area contributed by atoms with Crippen LogP contribution in [0.4, 0.5) is 5.69 Å².